The molecule has 0 aliphatic carbocycles. The van der Waals surface area contributed by atoms with E-state index >= 15 is 0 Å². The first-order valence-electron chi connectivity index (χ1n) is 15.7. The molecule has 1 atom stereocenters. The molecule has 0 radical (unpaired) electrons. The van der Waals surface area contributed by atoms with Crippen LogP contribution >= 0.6 is 33.9 Å². The van der Waals surface area contributed by atoms with Gasteiger partial charge >= 0.3 is 11.9 Å². The van der Waals surface area contributed by atoms with Crippen molar-refractivity contribution >= 4 is 51.9 Å². The Labute approximate surface area is 296 Å². The number of carboxylic acids is 1. The number of nitrogens with zero attached hydrogens (tertiary/aromatic N) is 2. The lowest BCUT2D eigenvalue weighted by Crippen LogP contribution is -2.40. The first-order chi connectivity index (χ1) is 23.1. The molecule has 0 saturated heterocycles. The standard InChI is InChI=1S/C37H37IN2O7S/c1-6-9-28-31(36(44)46-7-2)32(25-14-12-24(13-15-25)21(3)4)40-34(41)30(48-37(40)39-28)19-23-17-27(38)33(29(18-23)45-5)47-20-22-10-8-11-26(16-22)35(42)43/h8,10-19,21,32H,6-7,9,20H2,1-5H3,(H,42,43)/b30-19-/t32-/m0/s1. The van der Waals surface area contributed by atoms with Crippen molar-refractivity contribution in [3.63, 3.8) is 0 Å². The maximum absolute atomic E-state index is 14.2. The zero-order valence-corrected chi connectivity index (χ0v) is 30.4. The summed E-state index contributed by atoms with van der Waals surface area (Å²) in [5.74, 6) is -0.176. The molecule has 5 rings (SSSR count). The highest BCUT2D eigenvalue weighted by Crippen LogP contribution is 2.36. The summed E-state index contributed by atoms with van der Waals surface area (Å²) in [7, 11) is 1.54. The molecule has 0 amide bonds. The van der Waals surface area contributed by atoms with Crippen LogP contribution in [0.4, 0.5) is 0 Å². The molecule has 1 aliphatic rings. The summed E-state index contributed by atoms with van der Waals surface area (Å²) in [5.41, 5.74) is 4.34. The summed E-state index contributed by atoms with van der Waals surface area (Å²) in [6.07, 6.45) is 3.13. The third-order valence-electron chi connectivity index (χ3n) is 7.92. The maximum Gasteiger partial charge on any atom is 0.338 e. The van der Waals surface area contributed by atoms with Crippen molar-refractivity contribution in [2.75, 3.05) is 13.7 Å². The number of methoxy groups -OCH3 is 1. The topological polar surface area (TPSA) is 116 Å². The summed E-state index contributed by atoms with van der Waals surface area (Å²) in [4.78, 5) is 44.5. The van der Waals surface area contributed by atoms with Crippen LogP contribution in [0.3, 0.4) is 0 Å². The molecule has 48 heavy (non-hydrogen) atoms. The van der Waals surface area contributed by atoms with Gasteiger partial charge in [-0.3, -0.25) is 9.36 Å². The Hall–Kier alpha value is -4.23. The van der Waals surface area contributed by atoms with Gasteiger partial charge in [-0.05, 0) is 94.4 Å². The molecule has 4 aromatic rings. The molecule has 2 heterocycles. The van der Waals surface area contributed by atoms with Gasteiger partial charge in [0.2, 0.25) is 0 Å². The summed E-state index contributed by atoms with van der Waals surface area (Å²) < 4.78 is 20.1. The number of thiazole rings is 1. The van der Waals surface area contributed by atoms with Gasteiger partial charge in [-0.15, -0.1) is 0 Å². The van der Waals surface area contributed by atoms with Gasteiger partial charge in [-0.2, -0.15) is 0 Å². The fraction of sp³-hybridized carbons (Fsp3) is 0.297. The molecule has 0 fully saturated rings. The summed E-state index contributed by atoms with van der Waals surface area (Å²) in [6, 6.07) is 17.6. The van der Waals surface area contributed by atoms with E-state index in [1.165, 1.54) is 24.5 Å². The van der Waals surface area contributed by atoms with Gasteiger partial charge in [0.1, 0.15) is 6.61 Å². The number of fused-ring (bicyclic) bond motifs is 1. The molecule has 250 valence electrons. The molecule has 0 unspecified atom stereocenters. The van der Waals surface area contributed by atoms with Gasteiger partial charge in [0.15, 0.2) is 16.3 Å². The smallest absolute Gasteiger partial charge is 0.338 e. The average molecular weight is 781 g/mol. The number of hydrogen-bond acceptors (Lipinski definition) is 8. The number of ether oxygens (including phenoxy) is 3. The monoisotopic (exact) mass is 780 g/mol. The second-order valence-electron chi connectivity index (χ2n) is 11.6. The molecule has 3 aromatic carbocycles. The fourth-order valence-electron chi connectivity index (χ4n) is 5.56. The molecular weight excluding hydrogens is 743 g/mol. The Morgan fingerprint density at radius 1 is 1.10 bits per heavy atom. The van der Waals surface area contributed by atoms with E-state index in [9.17, 15) is 19.5 Å². The van der Waals surface area contributed by atoms with Crippen LogP contribution in [0.2, 0.25) is 0 Å². The van der Waals surface area contributed by atoms with E-state index in [1.807, 2.05) is 37.3 Å². The number of benzene rings is 3. The van der Waals surface area contributed by atoms with E-state index in [0.717, 1.165) is 26.7 Å². The lowest BCUT2D eigenvalue weighted by Gasteiger charge is -2.26. The van der Waals surface area contributed by atoms with Crippen molar-refractivity contribution in [2.24, 2.45) is 4.99 Å². The lowest BCUT2D eigenvalue weighted by atomic mass is 9.92. The number of carbonyl (C=O) groups excluding carboxylic acids is 1. The first-order valence-corrected chi connectivity index (χ1v) is 17.6. The third kappa shape index (κ3) is 7.41. The molecule has 1 N–H and O–H groups in total. The third-order valence-corrected chi connectivity index (χ3v) is 9.70. The normalized spacial score (nSPS) is 14.5. The summed E-state index contributed by atoms with van der Waals surface area (Å²) in [6.45, 7) is 8.39. The fourth-order valence-corrected chi connectivity index (χ4v) is 7.36. The minimum atomic E-state index is -1.01. The predicted octanol–water partition coefficient (Wildman–Crippen LogP) is 6.59. The number of carbonyl (C=O) groups is 2. The highest BCUT2D eigenvalue weighted by Gasteiger charge is 2.34. The summed E-state index contributed by atoms with van der Waals surface area (Å²) >= 11 is 3.43. The van der Waals surface area contributed by atoms with Gasteiger partial charge in [0.05, 0.1) is 44.7 Å². The number of carboxylic acid groups (broad SMARTS) is 1. The van der Waals surface area contributed by atoms with Crippen molar-refractivity contribution in [1.29, 1.82) is 0 Å². The molecule has 1 aliphatic heterocycles. The quantitative estimate of drug-likeness (QED) is 0.127. The van der Waals surface area contributed by atoms with Crippen LogP contribution in [0.25, 0.3) is 6.08 Å². The number of aromatic carboxylic acids is 1. The van der Waals surface area contributed by atoms with Gasteiger partial charge in [-0.1, -0.05) is 74.9 Å². The van der Waals surface area contributed by atoms with Crippen molar-refractivity contribution in [1.82, 2.24) is 4.57 Å². The second kappa shape index (κ2) is 15.3. The average Bonchev–Trinajstić information content (AvgIpc) is 3.37. The Morgan fingerprint density at radius 2 is 1.85 bits per heavy atom. The zero-order chi connectivity index (χ0) is 34.5. The van der Waals surface area contributed by atoms with Crippen LogP contribution < -0.4 is 24.4 Å². The van der Waals surface area contributed by atoms with Gasteiger partial charge in [0.25, 0.3) is 5.56 Å². The molecule has 9 nitrogen and oxygen atoms in total. The number of allylic oxidation sites excluding steroid dienone is 1. The highest BCUT2D eigenvalue weighted by atomic mass is 127. The molecule has 1 aromatic heterocycles. The van der Waals surface area contributed by atoms with E-state index in [0.29, 0.717) is 50.0 Å². The van der Waals surface area contributed by atoms with Crippen LogP contribution in [-0.4, -0.2) is 35.3 Å². The number of esters is 1. The molecular formula is C37H37IN2O7S. The van der Waals surface area contributed by atoms with Crippen LogP contribution in [0.5, 0.6) is 11.5 Å². The number of rotatable bonds is 12. The largest absolute Gasteiger partial charge is 0.493 e. The second-order valence-corrected chi connectivity index (χ2v) is 13.7. The van der Waals surface area contributed by atoms with Crippen molar-refractivity contribution in [3.05, 3.63) is 123 Å². The number of aromatic nitrogens is 1. The minimum Gasteiger partial charge on any atom is -0.493 e. The van der Waals surface area contributed by atoms with Gasteiger partial charge in [-0.25, -0.2) is 14.6 Å². The highest BCUT2D eigenvalue weighted by molar-refractivity contribution is 14.1. The van der Waals surface area contributed by atoms with Crippen molar-refractivity contribution < 1.29 is 28.9 Å². The maximum atomic E-state index is 14.2. The Balaban J connectivity index is 1.59. The van der Waals surface area contributed by atoms with E-state index in [4.69, 9.17) is 19.2 Å². The van der Waals surface area contributed by atoms with Crippen LogP contribution in [-0.2, 0) is 16.1 Å². The van der Waals surface area contributed by atoms with E-state index in [1.54, 1.807) is 41.8 Å². The Kier molecular flexibility index (Phi) is 11.2. The number of halogens is 1. The first kappa shape index (κ1) is 35.1. The molecule has 11 heteroatoms. The Bertz CT molecular complexity index is 2060. The van der Waals surface area contributed by atoms with Crippen molar-refractivity contribution in [2.45, 2.75) is 59.1 Å². The van der Waals surface area contributed by atoms with Crippen molar-refractivity contribution in [3.8, 4) is 11.5 Å². The van der Waals surface area contributed by atoms with Crippen LogP contribution in [0.1, 0.15) is 85.1 Å². The SMILES string of the molecule is CCCC1=C(C(=O)OCC)[C@H](c2ccc(C(C)C)cc2)n2c(s/c(=C\c3cc(I)c(OCc4cccc(C(=O)O)c4)c(OC)c3)c2=O)=N1. The molecule has 0 spiro atoms. The molecule has 0 bridgehead atoms. The molecule has 0 saturated carbocycles. The number of hydrogen-bond donors (Lipinski definition) is 1. The van der Waals surface area contributed by atoms with Gasteiger partial charge in [0, 0.05) is 0 Å². The lowest BCUT2D eigenvalue weighted by molar-refractivity contribution is -0.139. The predicted molar refractivity (Wildman–Crippen MR) is 194 cm³/mol. The van der Waals surface area contributed by atoms with E-state index in [-0.39, 0.29) is 24.3 Å². The van der Waals surface area contributed by atoms with Gasteiger partial charge < -0.3 is 19.3 Å². The summed E-state index contributed by atoms with van der Waals surface area (Å²) in [5, 5.41) is 9.32. The van der Waals surface area contributed by atoms with E-state index < -0.39 is 18.0 Å². The van der Waals surface area contributed by atoms with Crippen LogP contribution in [0.15, 0.2) is 81.7 Å². The van der Waals surface area contributed by atoms with Crippen LogP contribution in [0, 0.1) is 3.57 Å². The Morgan fingerprint density at radius 3 is 2.50 bits per heavy atom. The van der Waals surface area contributed by atoms with E-state index in [2.05, 4.69) is 36.4 Å². The minimum absolute atomic E-state index is 0.145. The zero-order valence-electron chi connectivity index (χ0n) is 27.4.